The van der Waals surface area contributed by atoms with Crippen LogP contribution in [0.15, 0.2) is 54.6 Å². The van der Waals surface area contributed by atoms with Crippen LogP contribution >= 0.6 is 0 Å². The smallest absolute Gasteiger partial charge is 0.343 e. The second-order valence-corrected chi connectivity index (χ2v) is 14.7. The lowest BCUT2D eigenvalue weighted by molar-refractivity contribution is -0.134. The topological polar surface area (TPSA) is 52.6 Å². The van der Waals surface area contributed by atoms with E-state index in [9.17, 15) is 9.59 Å². The second-order valence-electron chi connectivity index (χ2n) is 14.7. The fourth-order valence-corrected chi connectivity index (χ4v) is 10.7. The molecule has 0 saturated heterocycles. The molecule has 0 aliphatic heterocycles. The van der Waals surface area contributed by atoms with E-state index in [0.29, 0.717) is 22.3 Å². The maximum Gasteiger partial charge on any atom is 0.343 e. The highest BCUT2D eigenvalue weighted by molar-refractivity contribution is 5.92. The maximum absolute atomic E-state index is 13.2. The number of fused-ring (bicyclic) bond motifs is 5. The van der Waals surface area contributed by atoms with Crippen molar-refractivity contribution < 1.29 is 19.1 Å². The number of carbonyl (C=O) groups is 2. The molecule has 4 heteroatoms. The predicted octanol–water partition coefficient (Wildman–Crippen LogP) is 9.53. The number of benzene rings is 2. The van der Waals surface area contributed by atoms with Gasteiger partial charge in [-0.3, -0.25) is 0 Å². The Balaban J connectivity index is 1.09. The lowest BCUT2D eigenvalue weighted by atomic mass is 9.44. The van der Waals surface area contributed by atoms with Crippen molar-refractivity contribution in [3.05, 3.63) is 65.7 Å². The van der Waals surface area contributed by atoms with Crippen LogP contribution in [0.25, 0.3) is 0 Å². The van der Waals surface area contributed by atoms with Gasteiger partial charge in [0.15, 0.2) is 0 Å². The minimum atomic E-state index is -0.409. The first-order valence-electron chi connectivity index (χ1n) is 16.8. The summed E-state index contributed by atoms with van der Waals surface area (Å²) < 4.78 is 11.7. The van der Waals surface area contributed by atoms with Gasteiger partial charge in [0.1, 0.15) is 11.9 Å². The monoisotopic (exact) mass is 570 g/mol. The molecule has 42 heavy (non-hydrogen) atoms. The Morgan fingerprint density at radius 2 is 1.50 bits per heavy atom. The largest absolute Gasteiger partial charge is 0.459 e. The summed E-state index contributed by atoms with van der Waals surface area (Å²) in [5.41, 5.74) is 1.78. The van der Waals surface area contributed by atoms with E-state index in [1.54, 1.807) is 48.5 Å². The molecule has 0 amide bonds. The Hall–Kier alpha value is -2.62. The fraction of sp³-hybridized carbons (Fsp3) is 0.632. The van der Waals surface area contributed by atoms with Crippen molar-refractivity contribution in [2.75, 3.05) is 0 Å². The Labute approximate surface area is 253 Å². The highest BCUT2D eigenvalue weighted by Gasteiger charge is 2.60. The summed E-state index contributed by atoms with van der Waals surface area (Å²) in [6, 6.07) is 15.7. The van der Waals surface area contributed by atoms with Crippen LogP contribution in [0.2, 0.25) is 0 Å². The molecule has 0 N–H and O–H groups in total. The van der Waals surface area contributed by atoms with E-state index >= 15 is 0 Å². The van der Waals surface area contributed by atoms with Gasteiger partial charge in [-0.25, -0.2) is 9.59 Å². The van der Waals surface area contributed by atoms with Crippen molar-refractivity contribution in [2.24, 2.45) is 46.3 Å². The van der Waals surface area contributed by atoms with Gasteiger partial charge in [-0.1, -0.05) is 58.7 Å². The van der Waals surface area contributed by atoms with Crippen LogP contribution in [0, 0.1) is 46.3 Å². The summed E-state index contributed by atoms with van der Waals surface area (Å²) >= 11 is 0. The summed E-state index contributed by atoms with van der Waals surface area (Å²) in [6.45, 7) is 10.1. The minimum absolute atomic E-state index is 0.0256. The van der Waals surface area contributed by atoms with Crippen LogP contribution < -0.4 is 4.74 Å². The van der Waals surface area contributed by atoms with Gasteiger partial charge < -0.3 is 9.47 Å². The molecular weight excluding hydrogens is 520 g/mol. The molecular formula is C38H50O4. The first-order valence-corrected chi connectivity index (χ1v) is 16.8. The highest BCUT2D eigenvalue weighted by atomic mass is 16.5. The fourth-order valence-electron chi connectivity index (χ4n) is 10.7. The molecule has 4 saturated carbocycles. The summed E-state index contributed by atoms with van der Waals surface area (Å²) in [7, 11) is 0. The second kappa shape index (κ2) is 11.8. The molecule has 2 aromatic carbocycles. The molecule has 4 fully saturated rings. The molecule has 9 atom stereocenters. The highest BCUT2D eigenvalue weighted by Crippen LogP contribution is 2.68. The standard InChI is InChI=1S/C38H50O4/c1-5-9-25(2)32-20-21-33-31-19-15-28-14-18-30(24-38(28,4)34(31)22-23-37(32,33)3)42-36(40)27-12-16-29(17-13-27)41-35(39)26-10-7-6-8-11-26/h6-8,10-13,16-17,25,28,30-34H,5,9,14-15,18-24H2,1-4H3/t25-,28?,30?,31?,32-,33?,34?,37-,38+/m1/s1. The number of ether oxygens (including phenoxy) is 2. The molecule has 5 unspecified atom stereocenters. The van der Waals surface area contributed by atoms with Gasteiger partial charge in [0.2, 0.25) is 0 Å². The lowest BCUT2D eigenvalue weighted by Gasteiger charge is -2.61. The molecule has 0 spiro atoms. The predicted molar refractivity (Wildman–Crippen MR) is 166 cm³/mol. The van der Waals surface area contributed by atoms with Crippen LogP contribution in [0.1, 0.15) is 119 Å². The van der Waals surface area contributed by atoms with Crippen molar-refractivity contribution in [2.45, 2.75) is 104 Å². The Kier molecular flexibility index (Phi) is 8.28. The third-order valence-electron chi connectivity index (χ3n) is 12.7. The van der Waals surface area contributed by atoms with Gasteiger partial charge in [-0.15, -0.1) is 0 Å². The molecule has 0 radical (unpaired) electrons. The zero-order valence-corrected chi connectivity index (χ0v) is 26.1. The quantitative estimate of drug-likeness (QED) is 0.246. The summed E-state index contributed by atoms with van der Waals surface area (Å²) in [4.78, 5) is 25.6. The van der Waals surface area contributed by atoms with Crippen molar-refractivity contribution >= 4 is 11.9 Å². The molecule has 226 valence electrons. The van der Waals surface area contributed by atoms with Crippen molar-refractivity contribution in [1.82, 2.24) is 0 Å². The SMILES string of the molecule is CCC[C@@H](C)[C@H]1CCC2C3CCC4CCC(OC(=O)c5ccc(OC(=O)c6ccccc6)cc5)C[C@]4(C)C3CC[C@@]21C. The zero-order chi connectivity index (χ0) is 29.5. The van der Waals surface area contributed by atoms with Crippen molar-refractivity contribution in [1.29, 1.82) is 0 Å². The number of hydrogen-bond acceptors (Lipinski definition) is 4. The average Bonchev–Trinajstić information content (AvgIpc) is 3.35. The molecule has 0 heterocycles. The normalized spacial score (nSPS) is 36.2. The summed E-state index contributed by atoms with van der Waals surface area (Å²) in [6.07, 6.45) is 14.1. The van der Waals surface area contributed by atoms with E-state index < -0.39 is 5.97 Å². The van der Waals surface area contributed by atoms with E-state index in [1.807, 2.05) is 6.07 Å². The molecule has 4 aliphatic carbocycles. The Bertz CT molecular complexity index is 1250. The van der Waals surface area contributed by atoms with Gasteiger partial charge in [0, 0.05) is 0 Å². The van der Waals surface area contributed by atoms with Gasteiger partial charge in [-0.2, -0.15) is 0 Å². The van der Waals surface area contributed by atoms with E-state index in [-0.39, 0.29) is 17.5 Å². The van der Waals surface area contributed by atoms with Crippen molar-refractivity contribution in [3.8, 4) is 5.75 Å². The third kappa shape index (κ3) is 5.33. The van der Waals surface area contributed by atoms with E-state index in [1.165, 1.54) is 57.8 Å². The van der Waals surface area contributed by atoms with E-state index in [0.717, 1.165) is 48.3 Å². The summed E-state index contributed by atoms with van der Waals surface area (Å²) in [5.74, 6) is 4.70. The number of carbonyl (C=O) groups excluding carboxylic acids is 2. The van der Waals surface area contributed by atoms with Crippen LogP contribution in [0.3, 0.4) is 0 Å². The molecule has 6 rings (SSSR count). The maximum atomic E-state index is 13.2. The average molecular weight is 571 g/mol. The third-order valence-corrected chi connectivity index (χ3v) is 12.7. The first kappa shape index (κ1) is 29.5. The zero-order valence-electron chi connectivity index (χ0n) is 26.1. The molecule has 0 aromatic heterocycles. The molecule has 4 nitrogen and oxygen atoms in total. The van der Waals surface area contributed by atoms with Crippen molar-refractivity contribution in [3.63, 3.8) is 0 Å². The number of esters is 2. The van der Waals surface area contributed by atoms with Crippen LogP contribution in [-0.2, 0) is 4.74 Å². The first-order chi connectivity index (χ1) is 20.2. The Morgan fingerprint density at radius 1 is 0.810 bits per heavy atom. The molecule has 4 aliphatic rings. The molecule has 0 bridgehead atoms. The van der Waals surface area contributed by atoms with E-state index in [2.05, 4.69) is 27.7 Å². The summed E-state index contributed by atoms with van der Waals surface area (Å²) in [5, 5.41) is 0. The number of rotatable bonds is 7. The lowest BCUT2D eigenvalue weighted by Crippen LogP contribution is -2.54. The van der Waals surface area contributed by atoms with Gasteiger partial charge in [-0.05, 0) is 141 Å². The Morgan fingerprint density at radius 3 is 2.24 bits per heavy atom. The van der Waals surface area contributed by atoms with Gasteiger partial charge >= 0.3 is 11.9 Å². The van der Waals surface area contributed by atoms with Crippen LogP contribution in [-0.4, -0.2) is 18.0 Å². The van der Waals surface area contributed by atoms with E-state index in [4.69, 9.17) is 9.47 Å². The number of hydrogen-bond donors (Lipinski definition) is 0. The minimum Gasteiger partial charge on any atom is -0.459 e. The van der Waals surface area contributed by atoms with Gasteiger partial charge in [0.25, 0.3) is 0 Å². The molecule has 2 aromatic rings. The van der Waals surface area contributed by atoms with Gasteiger partial charge in [0.05, 0.1) is 11.1 Å². The van der Waals surface area contributed by atoms with Crippen LogP contribution in [0.5, 0.6) is 5.75 Å². The van der Waals surface area contributed by atoms with Crippen LogP contribution in [0.4, 0.5) is 0 Å².